The van der Waals surface area contributed by atoms with Crippen LogP contribution in [-0.4, -0.2) is 68.0 Å². The average Bonchev–Trinajstić information content (AvgIpc) is 2.38. The highest BCUT2D eigenvalue weighted by atomic mass is 16.4. The first-order chi connectivity index (χ1) is 9.26. The summed E-state index contributed by atoms with van der Waals surface area (Å²) in [5, 5.41) is 49.0. The molecule has 0 saturated heterocycles. The van der Waals surface area contributed by atoms with Gasteiger partial charge in [-0.3, -0.25) is 9.59 Å². The third-order valence-electron chi connectivity index (χ3n) is 1.75. The smallest absolute Gasteiger partial charge is 0.303 e. The fourth-order valence-corrected chi connectivity index (χ4v) is 0.671. The largest absolute Gasteiger partial charge is 0.481 e. The van der Waals surface area contributed by atoms with Gasteiger partial charge in [-0.1, -0.05) is 13.8 Å². The zero-order chi connectivity index (χ0) is 16.6. The van der Waals surface area contributed by atoms with Crippen LogP contribution in [0.15, 0.2) is 0 Å². The van der Waals surface area contributed by atoms with E-state index in [0.717, 1.165) is 12.8 Å². The van der Waals surface area contributed by atoms with Crippen LogP contribution in [0, 0.1) is 0 Å². The van der Waals surface area contributed by atoms with E-state index in [2.05, 4.69) is 0 Å². The van der Waals surface area contributed by atoms with Crippen LogP contribution in [-0.2, 0) is 9.59 Å². The molecule has 0 rings (SSSR count). The lowest BCUT2D eigenvalue weighted by Crippen LogP contribution is -2.31. The van der Waals surface area contributed by atoms with E-state index in [0.29, 0.717) is 12.8 Å². The predicted octanol–water partition coefficient (Wildman–Crippen LogP) is -0.565. The van der Waals surface area contributed by atoms with Crippen LogP contribution < -0.4 is 0 Å². The van der Waals surface area contributed by atoms with E-state index in [-0.39, 0.29) is 0 Å². The summed E-state index contributed by atoms with van der Waals surface area (Å²) >= 11 is 0. The molecule has 0 aliphatic heterocycles. The second-order valence-electron chi connectivity index (χ2n) is 3.79. The molecule has 0 aliphatic rings. The fourth-order valence-electron chi connectivity index (χ4n) is 0.671. The van der Waals surface area contributed by atoms with Gasteiger partial charge in [-0.25, -0.2) is 0 Å². The maximum Gasteiger partial charge on any atom is 0.303 e. The van der Waals surface area contributed by atoms with Gasteiger partial charge in [0.05, 0.1) is 13.2 Å². The number of carboxylic acids is 2. The Bertz CT molecular complexity index is 207. The highest BCUT2D eigenvalue weighted by molar-refractivity contribution is 5.66. The molecule has 8 nitrogen and oxygen atoms in total. The number of aliphatic hydroxyl groups is 4. The molecule has 0 aromatic heterocycles. The zero-order valence-electron chi connectivity index (χ0n) is 11.9. The van der Waals surface area contributed by atoms with Gasteiger partial charge >= 0.3 is 11.9 Å². The minimum Gasteiger partial charge on any atom is -0.481 e. The summed E-state index contributed by atoms with van der Waals surface area (Å²) in [4.78, 5) is 19.2. The molecule has 2 atom stereocenters. The van der Waals surface area contributed by atoms with Crippen LogP contribution in [0.3, 0.4) is 0 Å². The van der Waals surface area contributed by atoms with Gasteiger partial charge in [0, 0.05) is 12.8 Å². The molecule has 0 radical (unpaired) electrons. The number of carbonyl (C=O) groups is 2. The van der Waals surface area contributed by atoms with E-state index < -0.39 is 37.4 Å². The third kappa shape index (κ3) is 25.6. The molecule has 6 N–H and O–H groups in total. The molecule has 0 aliphatic carbocycles. The highest BCUT2D eigenvalue weighted by Crippen LogP contribution is 1.88. The monoisotopic (exact) mass is 298 g/mol. The van der Waals surface area contributed by atoms with Crippen molar-refractivity contribution < 1.29 is 40.2 Å². The Balaban J connectivity index is -0.000000221. The van der Waals surface area contributed by atoms with Gasteiger partial charge < -0.3 is 30.6 Å². The van der Waals surface area contributed by atoms with E-state index in [1.165, 1.54) is 0 Å². The van der Waals surface area contributed by atoms with Crippen LogP contribution in [0.1, 0.15) is 39.5 Å². The summed E-state index contributed by atoms with van der Waals surface area (Å²) in [6.07, 6.45) is -0.398. The number of aliphatic carboxylic acids is 2. The maximum absolute atomic E-state index is 9.60. The van der Waals surface area contributed by atoms with Crippen molar-refractivity contribution in [2.24, 2.45) is 0 Å². The van der Waals surface area contributed by atoms with Crippen molar-refractivity contribution in [2.75, 3.05) is 13.2 Å². The fraction of sp³-hybridized carbons (Fsp3) is 0.833. The second kappa shape index (κ2) is 17.8. The summed E-state index contributed by atoms with van der Waals surface area (Å²) in [6.45, 7) is 2.63. The first-order valence-corrected chi connectivity index (χ1v) is 6.28. The summed E-state index contributed by atoms with van der Waals surface area (Å²) in [6, 6.07) is 0. The van der Waals surface area contributed by atoms with Crippen LogP contribution in [0.4, 0.5) is 0 Å². The van der Waals surface area contributed by atoms with Crippen molar-refractivity contribution in [3.63, 3.8) is 0 Å². The van der Waals surface area contributed by atoms with Gasteiger partial charge in [-0.05, 0) is 12.8 Å². The molecule has 8 heteroatoms. The normalized spacial score (nSPS) is 12.1. The number of hydrogen-bond donors (Lipinski definition) is 6. The quantitative estimate of drug-likeness (QED) is 0.365. The number of rotatable bonds is 7. The van der Waals surface area contributed by atoms with Crippen LogP contribution >= 0.6 is 0 Å². The maximum atomic E-state index is 9.60. The van der Waals surface area contributed by atoms with E-state index in [1.54, 1.807) is 0 Å². The lowest BCUT2D eigenvalue weighted by Gasteiger charge is -2.10. The zero-order valence-corrected chi connectivity index (χ0v) is 11.9. The minimum atomic E-state index is -1.22. The van der Waals surface area contributed by atoms with Crippen molar-refractivity contribution in [1.82, 2.24) is 0 Å². The van der Waals surface area contributed by atoms with Gasteiger partial charge in [0.25, 0.3) is 0 Å². The summed E-state index contributed by atoms with van der Waals surface area (Å²) < 4.78 is 0. The lowest BCUT2D eigenvalue weighted by molar-refractivity contribution is -0.138. The van der Waals surface area contributed by atoms with Gasteiger partial charge in [0.1, 0.15) is 12.2 Å². The molecule has 0 aromatic rings. The molecule has 0 saturated carbocycles. The molecule has 0 bridgehead atoms. The van der Waals surface area contributed by atoms with Crippen LogP contribution in [0.2, 0.25) is 0 Å². The molecule has 0 unspecified atom stereocenters. The lowest BCUT2D eigenvalue weighted by atomic mass is 10.2. The number of aliphatic hydroxyl groups excluding tert-OH is 4. The highest BCUT2D eigenvalue weighted by Gasteiger charge is 2.12. The molecule has 0 amide bonds. The second-order valence-corrected chi connectivity index (χ2v) is 3.79. The third-order valence-corrected chi connectivity index (χ3v) is 1.75. The van der Waals surface area contributed by atoms with Crippen molar-refractivity contribution in [1.29, 1.82) is 0 Å². The van der Waals surface area contributed by atoms with Crippen molar-refractivity contribution in [3.05, 3.63) is 0 Å². The average molecular weight is 298 g/mol. The Morgan fingerprint density at radius 2 is 1.05 bits per heavy atom. The van der Waals surface area contributed by atoms with Crippen molar-refractivity contribution >= 4 is 11.9 Å². The minimum absolute atomic E-state index is 0.292. The Kier molecular flexibility index (Phi) is 21.2. The molecule has 122 valence electrons. The van der Waals surface area contributed by atoms with Gasteiger partial charge in [0.15, 0.2) is 0 Å². The molecule has 20 heavy (non-hydrogen) atoms. The first kappa shape index (κ1) is 23.8. The predicted molar refractivity (Wildman–Crippen MR) is 71.3 cm³/mol. The first-order valence-electron chi connectivity index (χ1n) is 6.28. The van der Waals surface area contributed by atoms with E-state index in [1.807, 2.05) is 13.8 Å². The Morgan fingerprint density at radius 3 is 1.10 bits per heavy atom. The molecule has 0 heterocycles. The molecule has 0 aromatic carbocycles. The topological polar surface area (TPSA) is 156 Å². The van der Waals surface area contributed by atoms with E-state index in [9.17, 15) is 9.59 Å². The molecule has 0 fully saturated rings. The Hall–Kier alpha value is -1.22. The summed E-state index contributed by atoms with van der Waals surface area (Å²) in [7, 11) is 0. The SMILES string of the molecule is CCCC(=O)O.CCCC(=O)O.OC[C@@H](O)[C@@H](O)CO. The molecular weight excluding hydrogens is 272 g/mol. The Morgan fingerprint density at radius 1 is 0.800 bits per heavy atom. The number of hydrogen-bond acceptors (Lipinski definition) is 6. The van der Waals surface area contributed by atoms with E-state index >= 15 is 0 Å². The van der Waals surface area contributed by atoms with Crippen molar-refractivity contribution in [3.8, 4) is 0 Å². The summed E-state index contributed by atoms with van der Waals surface area (Å²) in [5.41, 5.74) is 0. The van der Waals surface area contributed by atoms with Gasteiger partial charge in [-0.15, -0.1) is 0 Å². The summed E-state index contributed by atoms with van der Waals surface area (Å²) in [5.74, 6) is -1.42. The van der Waals surface area contributed by atoms with Crippen LogP contribution in [0.5, 0.6) is 0 Å². The van der Waals surface area contributed by atoms with E-state index in [4.69, 9.17) is 30.6 Å². The Labute approximate surface area is 118 Å². The number of carboxylic acid groups (broad SMARTS) is 2. The molecule has 0 spiro atoms. The van der Waals surface area contributed by atoms with Gasteiger partial charge in [0.2, 0.25) is 0 Å². The standard InChI is InChI=1S/C4H10O4.2C4H8O2/c5-1-3(7)4(8)2-6;2*1-2-3-4(5)6/h3-8H,1-2H2;2*2-3H2,1H3,(H,5,6)/t3-,4+;;. The van der Waals surface area contributed by atoms with Crippen LogP contribution in [0.25, 0.3) is 0 Å². The van der Waals surface area contributed by atoms with Gasteiger partial charge in [-0.2, -0.15) is 0 Å². The molecular formula is C12H26O8. The van der Waals surface area contributed by atoms with Crippen molar-refractivity contribution in [2.45, 2.75) is 51.7 Å².